The Bertz CT molecular complexity index is 3450. The van der Waals surface area contributed by atoms with Gasteiger partial charge in [0.1, 0.15) is 11.6 Å². The summed E-state index contributed by atoms with van der Waals surface area (Å²) in [5.41, 5.74) is 3.50. The van der Waals surface area contributed by atoms with Crippen LogP contribution in [-0.2, 0) is 0 Å². The molecule has 0 amide bonds. The number of rotatable bonds is 19. The van der Waals surface area contributed by atoms with E-state index in [1.807, 2.05) is 84.9 Å². The molecule has 0 radical (unpaired) electrons. The van der Waals surface area contributed by atoms with Crippen molar-refractivity contribution in [2.24, 2.45) is 0 Å². The van der Waals surface area contributed by atoms with Crippen molar-refractivity contribution in [1.82, 2.24) is 0 Å². The summed E-state index contributed by atoms with van der Waals surface area (Å²) in [4.78, 5) is 0. The predicted octanol–water partition coefficient (Wildman–Crippen LogP) is 20.2. The molecule has 0 heterocycles. The lowest BCUT2D eigenvalue weighted by Crippen LogP contribution is -2.17. The largest absolute Gasteiger partial charge is 0.206 e. The molecule has 0 aliphatic carbocycles. The van der Waals surface area contributed by atoms with Crippen molar-refractivity contribution in [3.05, 3.63) is 314 Å². The van der Waals surface area contributed by atoms with E-state index in [1.165, 1.54) is 74.2 Å². The fourth-order valence-electron chi connectivity index (χ4n) is 8.57. The van der Waals surface area contributed by atoms with Gasteiger partial charge >= 0.3 is 0 Å². The Morgan fingerprint density at radius 3 is 1.07 bits per heavy atom. The molecule has 2 unspecified atom stereocenters. The number of hydrogen-bond donors (Lipinski definition) is 0. The molecular weight excluding hydrogens is 1200 g/mol. The van der Waals surface area contributed by atoms with E-state index in [0.29, 0.717) is 5.30 Å². The Hall–Kier alpha value is -6.35. The van der Waals surface area contributed by atoms with Crippen LogP contribution in [0.15, 0.2) is 302 Å². The quantitative estimate of drug-likeness (QED) is 0.0430. The summed E-state index contributed by atoms with van der Waals surface area (Å²) in [6.45, 7) is 6.57. The molecule has 0 aromatic heterocycles. The van der Waals surface area contributed by atoms with Crippen molar-refractivity contribution >= 4 is 114 Å². The summed E-state index contributed by atoms with van der Waals surface area (Å²) in [5, 5.41) is 12.7. The second kappa shape index (κ2) is 41.7. The highest BCUT2D eigenvalue weighted by Crippen LogP contribution is 2.51. The first-order valence-corrected chi connectivity index (χ1v) is 38.2. The number of benzene rings is 10. The molecule has 0 spiro atoms. The van der Waals surface area contributed by atoms with Crippen LogP contribution in [0.3, 0.4) is 0 Å². The van der Waals surface area contributed by atoms with E-state index >= 15 is 4.39 Å². The Labute approximate surface area is 535 Å². The van der Waals surface area contributed by atoms with E-state index in [4.69, 9.17) is 28.9 Å². The van der Waals surface area contributed by atoms with Gasteiger partial charge in [0.15, 0.2) is 0 Å². The number of hydrogen-bond acceptors (Lipinski definition) is 0. The van der Waals surface area contributed by atoms with Gasteiger partial charge in [0, 0.05) is 31.4 Å². The van der Waals surface area contributed by atoms with Gasteiger partial charge in [-0.3, -0.25) is 0 Å². The highest BCUT2D eigenvalue weighted by molar-refractivity contribution is 7.96. The molecule has 0 nitrogen and oxygen atoms in total. The molecule has 2 atom stereocenters. The first-order chi connectivity index (χ1) is 42.8. The zero-order chi connectivity index (χ0) is 61.5. The van der Waals surface area contributed by atoms with Crippen molar-refractivity contribution in [2.45, 2.75) is 78.6 Å². The van der Waals surface area contributed by atoms with Gasteiger partial charge in [-0.25, -0.2) is 8.78 Å². The first kappa shape index (κ1) is 69.7. The van der Waals surface area contributed by atoms with Crippen LogP contribution in [-0.4, -0.2) is 0 Å². The van der Waals surface area contributed by atoms with Gasteiger partial charge < -0.3 is 0 Å². The van der Waals surface area contributed by atoms with Gasteiger partial charge in [0.25, 0.3) is 0 Å². The maximum absolute atomic E-state index is 15.2. The van der Waals surface area contributed by atoms with Crippen LogP contribution in [0, 0.1) is 35.6 Å². The Morgan fingerprint density at radius 2 is 0.701 bits per heavy atom. The van der Waals surface area contributed by atoms with Crippen LogP contribution in [0.1, 0.15) is 78.6 Å². The SMILES string of the molecule is C#CCCCC.CCCC/C(=C/P(c1ccccc1)c1ccccc1)P(c1ccccc1)c1ccccc1F.CCCCC#CP(c1ccccc1)c1ccccc1.ClP(c1ccccc1)c1ccccc1.Fc1ccccc1P(Cl)c1ccccc1. The maximum atomic E-state index is 15.2. The van der Waals surface area contributed by atoms with Crippen LogP contribution in [0.5, 0.6) is 0 Å². The fraction of sp³-hybridized carbons (Fsp3) is 0.154. The normalized spacial score (nSPS) is 11.3. The van der Waals surface area contributed by atoms with E-state index < -0.39 is 38.3 Å². The first-order valence-electron chi connectivity index (χ1n) is 29.6. The Kier molecular flexibility index (Phi) is 33.5. The minimum Gasteiger partial charge on any atom is -0.206 e. The van der Waals surface area contributed by atoms with Gasteiger partial charge in [-0.15, -0.1) is 12.3 Å². The standard InChI is InChI=1S/C30H29FP2.C18H19P.C12H9ClFP.C12H10ClP.C6H10/c1-2-3-15-28(24-32(25-16-7-4-8-17-25)26-18-9-5-10-19-26)33(27-20-11-6-12-21-27)30-23-14-13-22-29(30)31;1-2-3-4-11-16-19(17-12-7-5-8-13-17)18-14-9-6-10-15-18;13-15(10-6-2-1-3-7-10)12-9-5-4-8-11(12)14;13-14(11-7-3-1-4-8-11)12-9-5-2-6-10-12;1-3-5-6-4-2/h4-14,16-24H,2-3,15H2,1H3;5-10,12-15H,2-4H2,1H3;1-9H;1-10H;1H,4-6H2,2H3/b28-24-;;;;. The molecule has 0 fully saturated rings. The summed E-state index contributed by atoms with van der Waals surface area (Å²) >= 11 is 12.7. The number of terminal acetylenes is 1. The highest BCUT2D eigenvalue weighted by atomic mass is 35.7. The van der Waals surface area contributed by atoms with Crippen LogP contribution >= 0.6 is 60.8 Å². The Morgan fingerprint density at radius 1 is 0.379 bits per heavy atom. The average molecular weight is 1280 g/mol. The van der Waals surface area contributed by atoms with E-state index in [1.54, 1.807) is 30.3 Å². The molecule has 10 aromatic rings. The van der Waals surface area contributed by atoms with Crippen LogP contribution < -0.4 is 53.0 Å². The molecule has 0 saturated carbocycles. The summed E-state index contributed by atoms with van der Waals surface area (Å²) in [5.74, 6) is 8.07. The second-order valence-electron chi connectivity index (χ2n) is 19.6. The minimum atomic E-state index is -1.09. The zero-order valence-electron chi connectivity index (χ0n) is 50.0. The van der Waals surface area contributed by atoms with E-state index in [2.05, 4.69) is 214 Å². The van der Waals surface area contributed by atoms with Gasteiger partial charge in [0.2, 0.25) is 0 Å². The Balaban J connectivity index is 0.000000191. The predicted molar refractivity (Wildman–Crippen MR) is 390 cm³/mol. The van der Waals surface area contributed by atoms with E-state index in [-0.39, 0.29) is 11.6 Å². The van der Waals surface area contributed by atoms with Gasteiger partial charge in [-0.2, -0.15) is 0 Å². The van der Waals surface area contributed by atoms with Gasteiger partial charge in [0.05, 0.1) is 14.5 Å². The van der Waals surface area contributed by atoms with Crippen molar-refractivity contribution in [2.75, 3.05) is 0 Å². The molecule has 0 saturated heterocycles. The summed E-state index contributed by atoms with van der Waals surface area (Å²) in [7, 11) is -3.98. The molecule has 0 bridgehead atoms. The molecule has 87 heavy (non-hydrogen) atoms. The second-order valence-corrected chi connectivity index (χ2v) is 31.0. The van der Waals surface area contributed by atoms with Gasteiger partial charge in [-0.1, -0.05) is 353 Å². The van der Waals surface area contributed by atoms with E-state index in [9.17, 15) is 4.39 Å². The minimum absolute atomic E-state index is 0.112. The van der Waals surface area contributed by atoms with Crippen molar-refractivity contribution in [1.29, 1.82) is 0 Å². The number of allylic oxidation sites excluding steroid dienone is 1. The summed E-state index contributed by atoms with van der Waals surface area (Å²) in [6, 6.07) is 97.2. The molecule has 10 aromatic carbocycles. The van der Waals surface area contributed by atoms with Crippen LogP contribution in [0.4, 0.5) is 8.78 Å². The number of unbranched alkanes of at least 4 members (excludes halogenated alkanes) is 5. The fourth-order valence-corrected chi connectivity index (χ4v) is 19.2. The van der Waals surface area contributed by atoms with E-state index in [0.717, 1.165) is 42.7 Å². The van der Waals surface area contributed by atoms with Gasteiger partial charge in [-0.05, 0) is 107 Å². The number of halogens is 4. The summed E-state index contributed by atoms with van der Waals surface area (Å²) in [6.07, 6.45) is 14.9. The topological polar surface area (TPSA) is 0 Å². The third-order valence-corrected chi connectivity index (χ3v) is 25.5. The zero-order valence-corrected chi connectivity index (χ0v) is 56.0. The lowest BCUT2D eigenvalue weighted by molar-refractivity contribution is 0.636. The van der Waals surface area contributed by atoms with Crippen LogP contribution in [0.2, 0.25) is 0 Å². The molecular formula is C78H77Cl2F2P5. The lowest BCUT2D eigenvalue weighted by atomic mass is 10.2. The third-order valence-electron chi connectivity index (χ3n) is 13.1. The molecule has 0 N–H and O–H groups in total. The molecule has 0 aliphatic heterocycles. The third kappa shape index (κ3) is 24.3. The molecule has 10 rings (SSSR count). The maximum Gasteiger partial charge on any atom is 0.132 e. The smallest absolute Gasteiger partial charge is 0.132 e. The molecule has 9 heteroatoms. The van der Waals surface area contributed by atoms with Crippen molar-refractivity contribution in [3.8, 4) is 23.9 Å². The monoisotopic (exact) mass is 1280 g/mol. The average Bonchev–Trinajstić information content (AvgIpc) is 3.43. The highest BCUT2D eigenvalue weighted by Gasteiger charge is 2.24. The van der Waals surface area contributed by atoms with Crippen molar-refractivity contribution in [3.63, 3.8) is 0 Å². The lowest BCUT2D eigenvalue weighted by Gasteiger charge is -2.25. The molecule has 442 valence electrons. The van der Waals surface area contributed by atoms with Crippen molar-refractivity contribution < 1.29 is 8.78 Å². The van der Waals surface area contributed by atoms with Crippen LogP contribution in [0.25, 0.3) is 0 Å². The summed E-state index contributed by atoms with van der Waals surface area (Å²) < 4.78 is 28.6. The molecule has 0 aliphatic rings.